The summed E-state index contributed by atoms with van der Waals surface area (Å²) in [4.78, 5) is 39.2. The lowest BCUT2D eigenvalue weighted by atomic mass is 10.1. The molecular formula is C50H81NO7. The van der Waals surface area contributed by atoms with Gasteiger partial charge in [-0.2, -0.15) is 0 Å². The van der Waals surface area contributed by atoms with E-state index in [2.05, 4.69) is 62.5 Å². The van der Waals surface area contributed by atoms with E-state index in [0.29, 0.717) is 24.9 Å². The summed E-state index contributed by atoms with van der Waals surface area (Å²) >= 11 is 0. The molecule has 0 saturated heterocycles. The van der Waals surface area contributed by atoms with E-state index in [1.165, 1.54) is 64.2 Å². The Morgan fingerprint density at radius 1 is 0.466 bits per heavy atom. The quantitative estimate of drug-likeness (QED) is 0.0284. The van der Waals surface area contributed by atoms with Crippen molar-refractivity contribution in [2.24, 2.45) is 0 Å². The van der Waals surface area contributed by atoms with E-state index in [9.17, 15) is 14.4 Å². The second-order valence-electron chi connectivity index (χ2n) is 15.6. The van der Waals surface area contributed by atoms with E-state index in [-0.39, 0.29) is 38.4 Å². The third-order valence-electron chi connectivity index (χ3n) is 9.69. The van der Waals surface area contributed by atoms with Crippen LogP contribution in [-0.2, 0) is 48.4 Å². The summed E-state index contributed by atoms with van der Waals surface area (Å²) in [7, 11) is 3.80. The summed E-state index contributed by atoms with van der Waals surface area (Å²) in [6.45, 7) is 5.46. The molecule has 1 rings (SSSR count). The Morgan fingerprint density at radius 3 is 1.22 bits per heavy atom. The van der Waals surface area contributed by atoms with Gasteiger partial charge in [0.15, 0.2) is 0 Å². The van der Waals surface area contributed by atoms with Crippen LogP contribution in [0.25, 0.3) is 0 Å². The zero-order chi connectivity index (χ0) is 42.2. The lowest BCUT2D eigenvalue weighted by molar-refractivity contribution is -0.145. The van der Waals surface area contributed by atoms with Crippen LogP contribution in [0.1, 0.15) is 185 Å². The van der Waals surface area contributed by atoms with Crippen molar-refractivity contribution >= 4 is 18.1 Å². The second-order valence-corrected chi connectivity index (χ2v) is 15.6. The van der Waals surface area contributed by atoms with Crippen molar-refractivity contribution in [1.29, 1.82) is 0 Å². The van der Waals surface area contributed by atoms with Gasteiger partial charge in [0.05, 0.1) is 0 Å². The fourth-order valence-corrected chi connectivity index (χ4v) is 6.22. The first-order valence-corrected chi connectivity index (χ1v) is 22.8. The summed E-state index contributed by atoms with van der Waals surface area (Å²) in [5.41, 5.74) is 2.19. The van der Waals surface area contributed by atoms with Crippen LogP contribution in [0, 0.1) is 0 Å². The molecule has 0 aliphatic rings. The molecule has 328 valence electrons. The molecule has 8 heteroatoms. The number of likely N-dealkylation sites (N-methyl/N-ethyl adjacent to an activating group) is 1. The number of benzene rings is 1. The maximum absolute atomic E-state index is 12.6. The monoisotopic (exact) mass is 808 g/mol. The Balaban J connectivity index is 2.42. The molecule has 58 heavy (non-hydrogen) atoms. The van der Waals surface area contributed by atoms with Crippen molar-refractivity contribution in [2.75, 3.05) is 27.2 Å². The number of carbonyl (C=O) groups is 3. The van der Waals surface area contributed by atoms with Gasteiger partial charge in [-0.25, -0.2) is 4.79 Å². The van der Waals surface area contributed by atoms with Crippen LogP contribution in [-0.4, -0.2) is 50.2 Å². The third kappa shape index (κ3) is 34.4. The number of nitrogens with zero attached hydrogens (tertiary/aromatic N) is 1. The Kier molecular flexibility index (Phi) is 35.1. The van der Waals surface area contributed by atoms with Gasteiger partial charge in [-0.05, 0) is 126 Å². The van der Waals surface area contributed by atoms with Crippen LogP contribution in [0.5, 0.6) is 0 Å². The van der Waals surface area contributed by atoms with Crippen LogP contribution in [0.2, 0.25) is 0 Å². The Bertz CT molecular complexity index is 1220. The Labute approximate surface area is 353 Å². The minimum absolute atomic E-state index is 0.0124. The average molecular weight is 808 g/mol. The fraction of sp³-hybridized carbons (Fsp3) is 0.660. The van der Waals surface area contributed by atoms with Gasteiger partial charge in [-0.15, -0.1) is 0 Å². The van der Waals surface area contributed by atoms with E-state index in [4.69, 9.17) is 18.9 Å². The van der Waals surface area contributed by atoms with E-state index >= 15 is 0 Å². The van der Waals surface area contributed by atoms with Crippen LogP contribution in [0.3, 0.4) is 0 Å². The van der Waals surface area contributed by atoms with Crippen LogP contribution in [0.4, 0.5) is 4.79 Å². The van der Waals surface area contributed by atoms with Crippen LogP contribution in [0.15, 0.2) is 66.8 Å². The molecule has 0 spiro atoms. The molecule has 1 aromatic carbocycles. The maximum Gasteiger partial charge on any atom is 0.508 e. The predicted octanol–water partition coefficient (Wildman–Crippen LogP) is 13.6. The van der Waals surface area contributed by atoms with Gasteiger partial charge in [0, 0.05) is 19.4 Å². The fourth-order valence-electron chi connectivity index (χ4n) is 6.22. The maximum atomic E-state index is 12.6. The summed E-state index contributed by atoms with van der Waals surface area (Å²) in [5.74, 6) is -0.468. The SMILES string of the molecule is CCCCCC=CCC=CCCCCCCCC(=O)OCc1cc(COC(=O)CCCCCCCC=CCC=CCCCCC)cc(COC(=O)OCCN(C)C)c1. The number of esters is 2. The van der Waals surface area contributed by atoms with Gasteiger partial charge in [0.1, 0.15) is 26.4 Å². The molecule has 0 aromatic heterocycles. The van der Waals surface area contributed by atoms with Gasteiger partial charge in [-0.3, -0.25) is 9.59 Å². The van der Waals surface area contributed by atoms with Crippen molar-refractivity contribution in [2.45, 2.75) is 188 Å². The molecule has 0 N–H and O–H groups in total. The zero-order valence-electron chi connectivity index (χ0n) is 37.2. The first kappa shape index (κ1) is 52.4. The molecular weight excluding hydrogens is 727 g/mol. The number of ether oxygens (including phenoxy) is 4. The number of hydrogen-bond acceptors (Lipinski definition) is 8. The van der Waals surface area contributed by atoms with Gasteiger partial charge in [-0.1, -0.05) is 127 Å². The first-order valence-electron chi connectivity index (χ1n) is 22.8. The van der Waals surface area contributed by atoms with E-state index in [0.717, 1.165) is 88.2 Å². The molecule has 0 saturated carbocycles. The molecule has 0 atom stereocenters. The molecule has 0 amide bonds. The lowest BCUT2D eigenvalue weighted by Crippen LogP contribution is -2.20. The van der Waals surface area contributed by atoms with Gasteiger partial charge in [0.2, 0.25) is 0 Å². The number of hydrogen-bond donors (Lipinski definition) is 0. The van der Waals surface area contributed by atoms with Crippen molar-refractivity contribution in [1.82, 2.24) is 4.90 Å². The number of rotatable bonds is 37. The normalized spacial score (nSPS) is 11.8. The highest BCUT2D eigenvalue weighted by atomic mass is 16.7. The molecule has 0 bridgehead atoms. The third-order valence-corrected chi connectivity index (χ3v) is 9.69. The van der Waals surface area contributed by atoms with E-state index < -0.39 is 6.16 Å². The molecule has 0 unspecified atom stereocenters. The Morgan fingerprint density at radius 2 is 0.828 bits per heavy atom. The standard InChI is InChI=1S/C50H81NO7/c1-5-7-9-11-13-15-17-19-21-23-25-27-29-31-33-35-48(52)56-42-45-39-46(41-47(40-45)44-58-50(54)55-38-37-51(3)4)43-57-49(53)36-34-32-30-28-26-24-22-20-18-16-14-12-10-8-6-2/h13-16,19-22,39-41H,5-12,17-18,23-38,42-44H2,1-4H3. The van der Waals surface area contributed by atoms with Gasteiger partial charge >= 0.3 is 18.1 Å². The molecule has 0 radical (unpaired) electrons. The highest BCUT2D eigenvalue weighted by molar-refractivity contribution is 5.69. The molecule has 0 aliphatic heterocycles. The van der Waals surface area contributed by atoms with Crippen molar-refractivity contribution in [3.8, 4) is 0 Å². The number of unbranched alkanes of at least 4 members (excludes halogenated alkanes) is 16. The van der Waals surface area contributed by atoms with E-state index in [1.807, 2.05) is 37.2 Å². The van der Waals surface area contributed by atoms with Gasteiger partial charge in [0.25, 0.3) is 0 Å². The smallest absolute Gasteiger partial charge is 0.461 e. The van der Waals surface area contributed by atoms with Gasteiger partial charge < -0.3 is 23.8 Å². The molecule has 0 fully saturated rings. The highest BCUT2D eigenvalue weighted by Crippen LogP contribution is 2.17. The first-order chi connectivity index (χ1) is 28.3. The minimum Gasteiger partial charge on any atom is -0.461 e. The molecule has 0 heterocycles. The summed E-state index contributed by atoms with van der Waals surface area (Å²) < 4.78 is 21.7. The predicted molar refractivity (Wildman–Crippen MR) is 239 cm³/mol. The Hall–Kier alpha value is -3.65. The topological polar surface area (TPSA) is 91.4 Å². The summed E-state index contributed by atoms with van der Waals surface area (Å²) in [5, 5.41) is 0. The lowest BCUT2D eigenvalue weighted by Gasteiger charge is -2.13. The summed E-state index contributed by atoms with van der Waals surface area (Å²) in [6.07, 6.45) is 43.0. The molecule has 8 nitrogen and oxygen atoms in total. The average Bonchev–Trinajstić information content (AvgIpc) is 3.21. The van der Waals surface area contributed by atoms with Crippen molar-refractivity contribution in [3.63, 3.8) is 0 Å². The molecule has 1 aromatic rings. The van der Waals surface area contributed by atoms with Crippen molar-refractivity contribution in [3.05, 3.63) is 83.5 Å². The molecule has 0 aliphatic carbocycles. The number of carbonyl (C=O) groups excluding carboxylic acids is 3. The largest absolute Gasteiger partial charge is 0.508 e. The van der Waals surface area contributed by atoms with Crippen molar-refractivity contribution < 1.29 is 33.3 Å². The minimum atomic E-state index is -0.749. The summed E-state index contributed by atoms with van der Waals surface area (Å²) in [6, 6.07) is 5.55. The number of allylic oxidation sites excluding steroid dienone is 8. The van der Waals surface area contributed by atoms with E-state index in [1.54, 1.807) is 0 Å². The van der Waals surface area contributed by atoms with Crippen LogP contribution >= 0.6 is 0 Å². The highest BCUT2D eigenvalue weighted by Gasteiger charge is 2.11. The second kappa shape index (κ2) is 38.8. The van der Waals surface area contributed by atoms with Crippen LogP contribution < -0.4 is 0 Å². The zero-order valence-corrected chi connectivity index (χ0v) is 37.2.